The number of nitrogens with two attached hydrogens (primary N) is 1. The number of primary amides is 1. The van der Waals surface area contributed by atoms with E-state index in [1.807, 2.05) is 26.8 Å². The molecular formula is C29H39BrCl2N4O7. The second kappa shape index (κ2) is 16.4. The van der Waals surface area contributed by atoms with E-state index in [1.165, 1.54) is 11.6 Å². The van der Waals surface area contributed by atoms with Crippen molar-refractivity contribution in [2.24, 2.45) is 11.7 Å². The Morgan fingerprint density at radius 1 is 1.05 bits per heavy atom. The number of carbonyl (C=O) groups is 4. The zero-order chi connectivity index (χ0) is 31.7. The van der Waals surface area contributed by atoms with Crippen molar-refractivity contribution in [3.8, 4) is 5.75 Å². The van der Waals surface area contributed by atoms with Gasteiger partial charge in [0.05, 0.1) is 4.47 Å². The number of halogens is 3. The Balaban J connectivity index is 2.04. The molecule has 0 fully saturated rings. The SMILES string of the molecule is Cc1cc(Br)c(OC2C=C(C(=O)NC(CC(C)C)C(N)=O)CC(OC(=O)NCCCl)C2OC(=O)NCCCl)c2c1CCC2. The highest BCUT2D eigenvalue weighted by Gasteiger charge is 2.43. The number of hydrogen-bond donors (Lipinski definition) is 4. The Morgan fingerprint density at radius 2 is 1.67 bits per heavy atom. The quantitative estimate of drug-likeness (QED) is 0.226. The van der Waals surface area contributed by atoms with Crippen molar-refractivity contribution in [1.82, 2.24) is 16.0 Å². The number of aryl methyl sites for hydroxylation is 1. The summed E-state index contributed by atoms with van der Waals surface area (Å²) in [6.07, 6.45) is -0.573. The normalized spacial score (nSPS) is 20.0. The number of hydrogen-bond acceptors (Lipinski definition) is 7. The number of nitrogens with one attached hydrogen (secondary N) is 3. The van der Waals surface area contributed by atoms with E-state index in [0.29, 0.717) is 16.6 Å². The fraction of sp³-hybridized carbons (Fsp3) is 0.586. The van der Waals surface area contributed by atoms with Gasteiger partial charge in [-0.2, -0.15) is 0 Å². The fourth-order valence-corrected chi connectivity index (χ4v) is 6.08. The topological polar surface area (TPSA) is 158 Å². The van der Waals surface area contributed by atoms with Gasteiger partial charge in [-0.25, -0.2) is 9.59 Å². The van der Waals surface area contributed by atoms with Crippen LogP contribution in [0.5, 0.6) is 5.75 Å². The summed E-state index contributed by atoms with van der Waals surface area (Å²) in [5.41, 5.74) is 9.06. The largest absolute Gasteiger partial charge is 0.481 e. The van der Waals surface area contributed by atoms with Gasteiger partial charge in [0.2, 0.25) is 11.8 Å². The van der Waals surface area contributed by atoms with Crippen LogP contribution in [0.4, 0.5) is 9.59 Å². The minimum absolute atomic E-state index is 0.0844. The molecule has 11 nitrogen and oxygen atoms in total. The standard InChI is InChI=1S/C29H39BrCl2N4O7/c1-15(2)11-21(26(33)37)36-27(38)17-13-22(41-24-19-6-4-5-18(19)16(3)12-20(24)30)25(43-29(40)35-10-8-32)23(14-17)42-28(39)34-9-7-31/h12-13,15,21-23,25H,4-11,14H2,1-3H3,(H2,33,37)(H,34,39)(H,35,40)(H,36,38). The van der Waals surface area contributed by atoms with Crippen LogP contribution in [0, 0.1) is 12.8 Å². The number of rotatable bonds is 13. The zero-order valence-electron chi connectivity index (χ0n) is 24.5. The molecule has 0 aromatic heterocycles. The van der Waals surface area contributed by atoms with Crippen LogP contribution in [0.25, 0.3) is 0 Å². The Bertz CT molecular complexity index is 1230. The van der Waals surface area contributed by atoms with Crippen LogP contribution in [0.15, 0.2) is 22.2 Å². The molecule has 0 spiro atoms. The first-order valence-corrected chi connectivity index (χ1v) is 16.1. The smallest absolute Gasteiger partial charge is 0.407 e. The lowest BCUT2D eigenvalue weighted by Crippen LogP contribution is -2.52. The first-order valence-electron chi connectivity index (χ1n) is 14.2. The highest BCUT2D eigenvalue weighted by Crippen LogP contribution is 2.41. The average Bonchev–Trinajstić information content (AvgIpc) is 3.44. The van der Waals surface area contributed by atoms with Crippen molar-refractivity contribution in [3.05, 3.63) is 38.9 Å². The predicted octanol–water partition coefficient (Wildman–Crippen LogP) is 4.01. The average molecular weight is 706 g/mol. The van der Waals surface area contributed by atoms with Gasteiger partial charge in [-0.15, -0.1) is 23.2 Å². The van der Waals surface area contributed by atoms with Gasteiger partial charge < -0.3 is 35.9 Å². The maximum Gasteiger partial charge on any atom is 0.407 e. The van der Waals surface area contributed by atoms with Crippen molar-refractivity contribution >= 4 is 63.1 Å². The second-order valence-corrected chi connectivity index (χ2v) is 12.5. The third-order valence-corrected chi connectivity index (χ3v) is 8.10. The van der Waals surface area contributed by atoms with Gasteiger partial charge in [-0.05, 0) is 83.3 Å². The maximum absolute atomic E-state index is 13.5. The summed E-state index contributed by atoms with van der Waals surface area (Å²) >= 11 is 15.1. The highest BCUT2D eigenvalue weighted by atomic mass is 79.9. The third kappa shape index (κ3) is 9.64. The number of ether oxygens (including phenoxy) is 3. The highest BCUT2D eigenvalue weighted by molar-refractivity contribution is 9.10. The van der Waals surface area contributed by atoms with Gasteiger partial charge in [0.25, 0.3) is 0 Å². The minimum Gasteiger partial charge on any atom is -0.481 e. The molecule has 0 radical (unpaired) electrons. The van der Waals surface area contributed by atoms with E-state index in [1.54, 1.807) is 0 Å². The molecule has 4 unspecified atom stereocenters. The van der Waals surface area contributed by atoms with Gasteiger partial charge in [-0.1, -0.05) is 13.8 Å². The Morgan fingerprint density at radius 3 is 2.28 bits per heavy atom. The second-order valence-electron chi connectivity index (χ2n) is 10.9. The molecule has 5 N–H and O–H groups in total. The molecule has 1 aromatic rings. The molecule has 14 heteroatoms. The van der Waals surface area contributed by atoms with Gasteiger partial charge in [-0.3, -0.25) is 9.59 Å². The fourth-order valence-electron chi connectivity index (χ4n) is 5.22. The third-order valence-electron chi connectivity index (χ3n) is 7.14. The summed E-state index contributed by atoms with van der Waals surface area (Å²) in [4.78, 5) is 51.0. The van der Waals surface area contributed by atoms with E-state index in [-0.39, 0.29) is 42.8 Å². The van der Waals surface area contributed by atoms with Crippen molar-refractivity contribution in [2.45, 2.75) is 77.2 Å². The van der Waals surface area contributed by atoms with Crippen LogP contribution in [0.1, 0.15) is 49.8 Å². The van der Waals surface area contributed by atoms with Crippen LogP contribution >= 0.6 is 39.1 Å². The number of amides is 4. The maximum atomic E-state index is 13.5. The van der Waals surface area contributed by atoms with Gasteiger partial charge in [0, 0.05) is 36.8 Å². The van der Waals surface area contributed by atoms with Crippen LogP contribution in [0.2, 0.25) is 0 Å². The molecule has 0 bridgehead atoms. The summed E-state index contributed by atoms with van der Waals surface area (Å²) in [6, 6.07) is 1.04. The van der Waals surface area contributed by atoms with Crippen LogP contribution in [0.3, 0.4) is 0 Å². The lowest BCUT2D eigenvalue weighted by molar-refractivity contribution is -0.126. The van der Waals surface area contributed by atoms with E-state index < -0.39 is 48.4 Å². The summed E-state index contributed by atoms with van der Waals surface area (Å²) in [5, 5.41) is 7.76. The van der Waals surface area contributed by atoms with E-state index in [2.05, 4.69) is 31.9 Å². The molecule has 0 saturated carbocycles. The number of alkyl halides is 2. The molecule has 0 aliphatic heterocycles. The van der Waals surface area contributed by atoms with E-state index in [9.17, 15) is 19.2 Å². The molecule has 2 aliphatic carbocycles. The Hall–Kier alpha value is -2.70. The summed E-state index contributed by atoms with van der Waals surface area (Å²) in [5.74, 6) is -0.305. The first-order chi connectivity index (χ1) is 20.4. The number of alkyl carbamates (subject to hydrolysis) is 2. The summed E-state index contributed by atoms with van der Waals surface area (Å²) in [7, 11) is 0. The Kier molecular flexibility index (Phi) is 13.3. The van der Waals surface area contributed by atoms with Gasteiger partial charge in [0.1, 0.15) is 17.9 Å². The lowest BCUT2D eigenvalue weighted by Gasteiger charge is -2.36. The molecule has 43 heavy (non-hydrogen) atoms. The van der Waals surface area contributed by atoms with E-state index in [4.69, 9.17) is 43.1 Å². The minimum atomic E-state index is -1.15. The monoisotopic (exact) mass is 704 g/mol. The van der Waals surface area contributed by atoms with Crippen molar-refractivity contribution in [1.29, 1.82) is 0 Å². The molecule has 4 amide bonds. The summed E-state index contributed by atoms with van der Waals surface area (Å²) in [6.45, 7) is 6.13. The number of fused-ring (bicyclic) bond motifs is 1. The molecule has 238 valence electrons. The molecule has 0 saturated heterocycles. The predicted molar refractivity (Wildman–Crippen MR) is 167 cm³/mol. The molecule has 2 aliphatic rings. The van der Waals surface area contributed by atoms with Gasteiger partial charge >= 0.3 is 12.2 Å². The molecule has 0 heterocycles. The summed E-state index contributed by atoms with van der Waals surface area (Å²) < 4.78 is 18.7. The van der Waals surface area contributed by atoms with Crippen molar-refractivity contribution in [2.75, 3.05) is 24.8 Å². The lowest BCUT2D eigenvalue weighted by atomic mass is 9.90. The molecular weight excluding hydrogens is 667 g/mol. The van der Waals surface area contributed by atoms with Crippen LogP contribution in [-0.2, 0) is 31.9 Å². The number of carbonyl (C=O) groups excluding carboxylic acids is 4. The van der Waals surface area contributed by atoms with E-state index >= 15 is 0 Å². The Labute approximate surface area is 270 Å². The molecule has 4 atom stereocenters. The zero-order valence-corrected chi connectivity index (χ0v) is 27.6. The van der Waals surface area contributed by atoms with Crippen LogP contribution < -0.4 is 26.4 Å². The van der Waals surface area contributed by atoms with E-state index in [0.717, 1.165) is 30.4 Å². The van der Waals surface area contributed by atoms with Crippen molar-refractivity contribution in [3.63, 3.8) is 0 Å². The van der Waals surface area contributed by atoms with Crippen LogP contribution in [-0.4, -0.2) is 73.2 Å². The molecule has 1 aromatic carbocycles. The number of benzene rings is 1. The molecule has 3 rings (SSSR count). The van der Waals surface area contributed by atoms with Crippen molar-refractivity contribution < 1.29 is 33.4 Å². The van der Waals surface area contributed by atoms with Gasteiger partial charge in [0.15, 0.2) is 12.2 Å². The first kappa shape index (κ1) is 34.8.